The summed E-state index contributed by atoms with van der Waals surface area (Å²) in [6.07, 6.45) is 0. The first-order chi connectivity index (χ1) is 8.08. The Labute approximate surface area is 121 Å². The van der Waals surface area contributed by atoms with E-state index in [0.717, 1.165) is 9.35 Å². The first-order valence-electron chi connectivity index (χ1n) is 4.67. The molecule has 0 saturated carbocycles. The van der Waals surface area contributed by atoms with Gasteiger partial charge in [0.1, 0.15) is 12.4 Å². The van der Waals surface area contributed by atoms with Gasteiger partial charge in [-0.25, -0.2) is 0 Å². The van der Waals surface area contributed by atoms with E-state index >= 15 is 0 Å². The summed E-state index contributed by atoms with van der Waals surface area (Å²) in [5, 5.41) is 2.84. The third-order valence-electron chi connectivity index (χ3n) is 2.10. The molecule has 0 radical (unpaired) electrons. The minimum absolute atomic E-state index is 0.425. The van der Waals surface area contributed by atoms with Crippen LogP contribution in [-0.4, -0.2) is 0 Å². The van der Waals surface area contributed by atoms with Crippen LogP contribution in [0.4, 0.5) is 5.69 Å². The van der Waals surface area contributed by atoms with Gasteiger partial charge < -0.3 is 10.5 Å². The van der Waals surface area contributed by atoms with Crippen LogP contribution < -0.4 is 10.5 Å². The van der Waals surface area contributed by atoms with Gasteiger partial charge in [-0.1, -0.05) is 23.2 Å². The van der Waals surface area contributed by atoms with Crippen LogP contribution in [0.3, 0.4) is 0 Å². The molecule has 2 nitrogen and oxygen atoms in total. The van der Waals surface area contributed by atoms with Crippen molar-refractivity contribution in [3.8, 4) is 5.75 Å². The van der Waals surface area contributed by atoms with Crippen LogP contribution in [0.1, 0.15) is 4.88 Å². The Morgan fingerprint density at radius 1 is 1.29 bits per heavy atom. The maximum Gasteiger partial charge on any atom is 0.144 e. The van der Waals surface area contributed by atoms with Crippen molar-refractivity contribution >= 4 is 56.2 Å². The fraction of sp³-hybridized carbons (Fsp3) is 0.0909. The summed E-state index contributed by atoms with van der Waals surface area (Å²) in [5.74, 6) is 0.541. The minimum Gasteiger partial charge on any atom is -0.486 e. The molecule has 0 aliphatic heterocycles. The molecule has 0 fully saturated rings. The van der Waals surface area contributed by atoms with Gasteiger partial charge >= 0.3 is 0 Å². The molecule has 0 spiro atoms. The number of nitrogens with two attached hydrogens (primary N) is 1. The predicted molar refractivity (Wildman–Crippen MR) is 77.2 cm³/mol. The number of ether oxygens (including phenoxy) is 1. The quantitative estimate of drug-likeness (QED) is 0.790. The second-order valence-electron chi connectivity index (χ2n) is 3.28. The van der Waals surface area contributed by atoms with Crippen molar-refractivity contribution in [2.24, 2.45) is 0 Å². The van der Waals surface area contributed by atoms with Gasteiger partial charge in [-0.15, -0.1) is 11.3 Å². The van der Waals surface area contributed by atoms with Crippen molar-refractivity contribution in [3.63, 3.8) is 0 Å². The smallest absolute Gasteiger partial charge is 0.144 e. The first-order valence-corrected chi connectivity index (χ1v) is 7.10. The first kappa shape index (κ1) is 13.0. The third kappa shape index (κ3) is 3.07. The number of rotatable bonds is 3. The lowest BCUT2D eigenvalue weighted by Gasteiger charge is -2.09. The Kier molecular flexibility index (Phi) is 4.20. The molecule has 0 aliphatic rings. The van der Waals surface area contributed by atoms with Crippen LogP contribution >= 0.6 is 50.5 Å². The average molecular weight is 353 g/mol. The highest BCUT2D eigenvalue weighted by Gasteiger charge is 2.08. The van der Waals surface area contributed by atoms with E-state index in [2.05, 4.69) is 15.9 Å². The molecular weight excluding hydrogens is 345 g/mol. The lowest BCUT2D eigenvalue weighted by molar-refractivity contribution is 0.311. The van der Waals surface area contributed by atoms with Gasteiger partial charge in [0.05, 0.1) is 20.6 Å². The molecular formula is C11H8BrCl2NOS. The Balaban J connectivity index is 2.14. The number of benzene rings is 1. The molecule has 0 saturated heterocycles. The van der Waals surface area contributed by atoms with Crippen molar-refractivity contribution in [1.82, 2.24) is 0 Å². The molecule has 2 N–H and O–H groups in total. The van der Waals surface area contributed by atoms with Crippen molar-refractivity contribution < 1.29 is 4.74 Å². The van der Waals surface area contributed by atoms with Gasteiger partial charge in [0.15, 0.2) is 0 Å². The van der Waals surface area contributed by atoms with Crippen molar-refractivity contribution in [3.05, 3.63) is 43.0 Å². The fourth-order valence-corrected chi connectivity index (χ4v) is 2.94. The van der Waals surface area contributed by atoms with E-state index in [9.17, 15) is 0 Å². The second kappa shape index (κ2) is 5.48. The maximum atomic E-state index is 5.90. The van der Waals surface area contributed by atoms with Crippen molar-refractivity contribution in [2.45, 2.75) is 6.61 Å². The molecule has 0 unspecified atom stereocenters. The highest BCUT2D eigenvalue weighted by Crippen LogP contribution is 2.33. The normalized spacial score (nSPS) is 10.5. The largest absolute Gasteiger partial charge is 0.486 e. The molecule has 0 atom stereocenters. The summed E-state index contributed by atoms with van der Waals surface area (Å²) < 4.78 is 6.64. The van der Waals surface area contributed by atoms with Crippen LogP contribution in [0.5, 0.6) is 5.75 Å². The molecule has 2 aromatic rings. The summed E-state index contributed by atoms with van der Waals surface area (Å²) in [6, 6.07) is 5.19. The highest BCUT2D eigenvalue weighted by atomic mass is 79.9. The summed E-state index contributed by atoms with van der Waals surface area (Å²) in [7, 11) is 0. The van der Waals surface area contributed by atoms with E-state index in [4.69, 9.17) is 33.7 Å². The van der Waals surface area contributed by atoms with Gasteiger partial charge in [-0.05, 0) is 33.4 Å². The summed E-state index contributed by atoms with van der Waals surface area (Å²) in [6.45, 7) is 0.445. The molecule has 1 aromatic heterocycles. The molecule has 0 amide bonds. The fourth-order valence-electron chi connectivity index (χ4n) is 1.24. The standard InChI is InChI=1S/C11H8BrCl2NOS/c12-6-1-2-17-11(6)5-16-10-4-8(14)7(13)3-9(10)15/h1-4H,5,15H2. The molecule has 0 aliphatic carbocycles. The van der Waals surface area contributed by atoms with Gasteiger partial charge in [0, 0.05) is 10.5 Å². The van der Waals surface area contributed by atoms with E-state index in [-0.39, 0.29) is 0 Å². The Morgan fingerprint density at radius 2 is 2.00 bits per heavy atom. The highest BCUT2D eigenvalue weighted by molar-refractivity contribution is 9.10. The number of hydrogen-bond acceptors (Lipinski definition) is 3. The van der Waals surface area contributed by atoms with E-state index in [0.29, 0.717) is 28.1 Å². The molecule has 2 rings (SSSR count). The number of hydrogen-bond donors (Lipinski definition) is 1. The van der Waals surface area contributed by atoms with E-state index < -0.39 is 0 Å². The van der Waals surface area contributed by atoms with Gasteiger partial charge in [-0.3, -0.25) is 0 Å². The molecule has 0 bridgehead atoms. The SMILES string of the molecule is Nc1cc(Cl)c(Cl)cc1OCc1sccc1Br. The van der Waals surface area contributed by atoms with E-state index in [1.807, 2.05) is 11.4 Å². The van der Waals surface area contributed by atoms with Crippen molar-refractivity contribution in [1.29, 1.82) is 0 Å². The molecule has 17 heavy (non-hydrogen) atoms. The van der Waals surface area contributed by atoms with Crippen molar-refractivity contribution in [2.75, 3.05) is 5.73 Å². The second-order valence-corrected chi connectivity index (χ2v) is 5.95. The zero-order valence-electron chi connectivity index (χ0n) is 8.54. The van der Waals surface area contributed by atoms with Crippen LogP contribution in [0.15, 0.2) is 28.1 Å². The number of anilines is 1. The van der Waals surface area contributed by atoms with Crippen LogP contribution in [-0.2, 0) is 6.61 Å². The number of halogens is 3. The monoisotopic (exact) mass is 351 g/mol. The van der Waals surface area contributed by atoms with Crippen LogP contribution in [0, 0.1) is 0 Å². The molecule has 1 heterocycles. The Morgan fingerprint density at radius 3 is 2.65 bits per heavy atom. The Hall–Kier alpha value is -0.420. The average Bonchev–Trinajstić information content (AvgIpc) is 2.68. The maximum absolute atomic E-state index is 5.90. The lowest BCUT2D eigenvalue weighted by atomic mass is 10.3. The minimum atomic E-state index is 0.425. The summed E-state index contributed by atoms with van der Waals surface area (Å²) in [4.78, 5) is 1.09. The van der Waals surface area contributed by atoms with Crippen LogP contribution in [0.2, 0.25) is 10.0 Å². The number of nitrogen functional groups attached to an aromatic ring is 1. The molecule has 1 aromatic carbocycles. The Bertz CT molecular complexity index is 544. The summed E-state index contributed by atoms with van der Waals surface area (Å²) >= 11 is 16.8. The predicted octanol–water partition coefficient (Wildman–Crippen LogP) is 4.98. The van der Waals surface area contributed by atoms with E-state index in [1.54, 1.807) is 23.5 Å². The third-order valence-corrected chi connectivity index (χ3v) is 4.72. The molecule has 6 heteroatoms. The lowest BCUT2D eigenvalue weighted by Crippen LogP contribution is -1.98. The van der Waals surface area contributed by atoms with Gasteiger partial charge in [0.25, 0.3) is 0 Å². The number of thiophene rings is 1. The van der Waals surface area contributed by atoms with E-state index in [1.165, 1.54) is 0 Å². The van der Waals surface area contributed by atoms with Gasteiger partial charge in [-0.2, -0.15) is 0 Å². The summed E-state index contributed by atoms with van der Waals surface area (Å²) in [5.41, 5.74) is 6.27. The zero-order chi connectivity index (χ0) is 12.4. The molecule has 90 valence electrons. The van der Waals surface area contributed by atoms with Gasteiger partial charge in [0.2, 0.25) is 0 Å². The van der Waals surface area contributed by atoms with Crippen LogP contribution in [0.25, 0.3) is 0 Å². The topological polar surface area (TPSA) is 35.2 Å². The zero-order valence-corrected chi connectivity index (χ0v) is 12.5.